The van der Waals surface area contributed by atoms with Crippen LogP contribution in [0.2, 0.25) is 0 Å². The highest BCUT2D eigenvalue weighted by atomic mass is 79.9. The maximum atomic E-state index is 13.4. The summed E-state index contributed by atoms with van der Waals surface area (Å²) in [5, 5.41) is 0. The minimum absolute atomic E-state index is 0.106. The molecule has 0 aliphatic carbocycles. The Morgan fingerprint density at radius 3 is 2.15 bits per heavy atom. The van der Waals surface area contributed by atoms with Gasteiger partial charge in [0, 0.05) is 12.1 Å². The van der Waals surface area contributed by atoms with E-state index >= 15 is 0 Å². The summed E-state index contributed by atoms with van der Waals surface area (Å²) in [5.41, 5.74) is -0.232. The fourth-order valence-corrected chi connectivity index (χ4v) is 4.69. The zero-order chi connectivity index (χ0) is 15.1. The van der Waals surface area contributed by atoms with Gasteiger partial charge < -0.3 is 0 Å². The highest BCUT2D eigenvalue weighted by molar-refractivity contribution is 9.11. The number of sulfonamides is 1. The number of hydrogen-bond donors (Lipinski definition) is 1. The first kappa shape index (κ1) is 15.3. The summed E-state index contributed by atoms with van der Waals surface area (Å²) >= 11 is 4.06. The van der Waals surface area contributed by atoms with E-state index < -0.39 is 33.2 Å². The van der Waals surface area contributed by atoms with E-state index in [1.165, 1.54) is 6.07 Å². The van der Waals surface area contributed by atoms with Gasteiger partial charge in [0.2, 0.25) is 0 Å². The monoisotopic (exact) mass is 385 g/mol. The molecule has 0 radical (unpaired) electrons. The van der Waals surface area contributed by atoms with Crippen molar-refractivity contribution in [2.45, 2.75) is 11.1 Å². The van der Waals surface area contributed by atoms with Gasteiger partial charge in [0.05, 0.1) is 3.79 Å². The van der Waals surface area contributed by atoms with Crippen molar-refractivity contribution in [3.8, 4) is 0 Å². The van der Waals surface area contributed by atoms with Crippen molar-refractivity contribution in [3.63, 3.8) is 0 Å². The third-order valence-corrected chi connectivity index (χ3v) is 6.30. The minimum Gasteiger partial charge on any atom is -0.273 e. The van der Waals surface area contributed by atoms with E-state index in [0.717, 1.165) is 11.3 Å². The van der Waals surface area contributed by atoms with E-state index in [9.17, 15) is 21.6 Å². The molecule has 0 spiro atoms. The van der Waals surface area contributed by atoms with Crippen LogP contribution in [0.5, 0.6) is 0 Å². The van der Waals surface area contributed by atoms with Gasteiger partial charge >= 0.3 is 0 Å². The number of halogens is 4. The molecule has 0 atom stereocenters. The molecule has 0 aliphatic rings. The predicted molar refractivity (Wildman–Crippen MR) is 73.9 cm³/mol. The quantitative estimate of drug-likeness (QED) is 0.866. The molecular weight excluding hydrogens is 379 g/mol. The van der Waals surface area contributed by atoms with E-state index in [1.807, 2.05) is 0 Å². The molecule has 9 heteroatoms. The van der Waals surface area contributed by atoms with Crippen LogP contribution in [0.1, 0.15) is 5.56 Å². The number of aryl methyl sites for hydroxylation is 1. The Morgan fingerprint density at radius 2 is 1.70 bits per heavy atom. The fourth-order valence-electron chi connectivity index (χ4n) is 1.39. The lowest BCUT2D eigenvalue weighted by atomic mass is 10.3. The molecule has 0 amide bonds. The highest BCUT2D eigenvalue weighted by Crippen LogP contribution is 2.32. The number of nitrogens with one attached hydrogen (secondary N) is 1. The van der Waals surface area contributed by atoms with Crippen molar-refractivity contribution in [3.05, 3.63) is 45.0 Å². The van der Waals surface area contributed by atoms with Crippen LogP contribution in [0, 0.1) is 24.4 Å². The number of anilines is 1. The number of rotatable bonds is 3. The van der Waals surface area contributed by atoms with E-state index in [0.29, 0.717) is 21.5 Å². The molecule has 20 heavy (non-hydrogen) atoms. The Morgan fingerprint density at radius 1 is 1.15 bits per heavy atom. The van der Waals surface area contributed by atoms with Crippen LogP contribution in [0.15, 0.2) is 26.2 Å². The van der Waals surface area contributed by atoms with Crippen molar-refractivity contribution in [2.24, 2.45) is 0 Å². The molecule has 1 aromatic carbocycles. The Labute approximate surface area is 125 Å². The number of hydrogen-bond acceptors (Lipinski definition) is 3. The first-order valence-electron chi connectivity index (χ1n) is 5.14. The molecule has 0 saturated heterocycles. The second kappa shape index (κ2) is 5.38. The summed E-state index contributed by atoms with van der Waals surface area (Å²) in [4.78, 5) is 0. The summed E-state index contributed by atoms with van der Waals surface area (Å²) in [5.74, 6) is -3.77. The maximum Gasteiger partial charge on any atom is 0.271 e. The van der Waals surface area contributed by atoms with Gasteiger partial charge in [0.15, 0.2) is 11.6 Å². The number of thiophene rings is 1. The number of benzene rings is 1. The molecule has 0 bridgehead atoms. The van der Waals surface area contributed by atoms with Gasteiger partial charge in [-0.2, -0.15) is 0 Å². The third kappa shape index (κ3) is 2.99. The van der Waals surface area contributed by atoms with E-state index in [4.69, 9.17) is 0 Å². The van der Waals surface area contributed by atoms with Gasteiger partial charge in [-0.05, 0) is 34.5 Å². The molecule has 2 aromatic rings. The molecule has 0 unspecified atom stereocenters. The van der Waals surface area contributed by atoms with Crippen molar-refractivity contribution < 1.29 is 21.6 Å². The van der Waals surface area contributed by atoms with Crippen LogP contribution in [0.3, 0.4) is 0 Å². The molecule has 2 rings (SSSR count). The Balaban J connectivity index is 2.43. The first-order chi connectivity index (χ1) is 9.20. The van der Waals surface area contributed by atoms with Gasteiger partial charge in [-0.25, -0.2) is 21.6 Å². The lowest BCUT2D eigenvalue weighted by Crippen LogP contribution is -2.14. The second-order valence-electron chi connectivity index (χ2n) is 3.87. The molecule has 0 saturated carbocycles. The summed E-state index contributed by atoms with van der Waals surface area (Å²) in [6.07, 6.45) is 0. The molecule has 1 heterocycles. The molecule has 0 aliphatic heterocycles. The van der Waals surface area contributed by atoms with E-state index in [-0.39, 0.29) is 4.21 Å². The smallest absolute Gasteiger partial charge is 0.271 e. The lowest BCUT2D eigenvalue weighted by Gasteiger charge is -2.08. The Bertz CT molecular complexity index is 731. The minimum atomic E-state index is -4.14. The average Bonchev–Trinajstić information content (AvgIpc) is 2.65. The fraction of sp³-hybridized carbons (Fsp3) is 0.0909. The first-order valence-corrected chi connectivity index (χ1v) is 8.23. The van der Waals surface area contributed by atoms with Crippen LogP contribution in [0.4, 0.5) is 18.9 Å². The Kier molecular flexibility index (Phi) is 4.12. The van der Waals surface area contributed by atoms with Crippen molar-refractivity contribution in [1.29, 1.82) is 0 Å². The van der Waals surface area contributed by atoms with Crippen LogP contribution < -0.4 is 4.72 Å². The standard InChI is InChI=1S/C11H7BrF3NO2S2/c1-5-2-9(19-11(5)12)20(17,18)16-10-7(14)3-6(13)4-8(10)15/h2-4,16H,1H3. The second-order valence-corrected chi connectivity index (χ2v) is 8.15. The molecule has 1 aromatic heterocycles. The maximum absolute atomic E-state index is 13.4. The third-order valence-electron chi connectivity index (χ3n) is 2.34. The van der Waals surface area contributed by atoms with Gasteiger partial charge in [0.1, 0.15) is 15.7 Å². The SMILES string of the molecule is Cc1cc(S(=O)(=O)Nc2c(F)cc(F)cc2F)sc1Br. The van der Waals surface area contributed by atoms with E-state index in [2.05, 4.69) is 15.9 Å². The molecule has 0 fully saturated rings. The van der Waals surface area contributed by atoms with E-state index in [1.54, 1.807) is 11.6 Å². The zero-order valence-corrected chi connectivity index (χ0v) is 13.1. The van der Waals surface area contributed by atoms with Crippen LogP contribution in [-0.2, 0) is 10.0 Å². The Hall–Kier alpha value is -1.06. The van der Waals surface area contributed by atoms with Gasteiger partial charge in [-0.1, -0.05) is 0 Å². The normalized spacial score (nSPS) is 11.7. The summed E-state index contributed by atoms with van der Waals surface area (Å²) in [6, 6.07) is 2.16. The largest absolute Gasteiger partial charge is 0.273 e. The molecule has 1 N–H and O–H groups in total. The predicted octanol–water partition coefficient (Wildman–Crippen LogP) is 4.04. The summed E-state index contributed by atoms with van der Waals surface area (Å²) in [6.45, 7) is 1.68. The molecular formula is C11H7BrF3NO2S2. The van der Waals surface area contributed by atoms with Crippen LogP contribution in [-0.4, -0.2) is 8.42 Å². The highest BCUT2D eigenvalue weighted by Gasteiger charge is 2.22. The van der Waals surface area contributed by atoms with Gasteiger partial charge in [-0.15, -0.1) is 11.3 Å². The molecule has 3 nitrogen and oxygen atoms in total. The van der Waals surface area contributed by atoms with Gasteiger partial charge in [-0.3, -0.25) is 4.72 Å². The lowest BCUT2D eigenvalue weighted by molar-refractivity contribution is 0.547. The van der Waals surface area contributed by atoms with Crippen LogP contribution >= 0.6 is 27.3 Å². The summed E-state index contributed by atoms with van der Waals surface area (Å²) < 4.78 is 65.9. The van der Waals surface area contributed by atoms with Crippen molar-refractivity contribution in [1.82, 2.24) is 0 Å². The zero-order valence-electron chi connectivity index (χ0n) is 9.88. The average molecular weight is 386 g/mol. The summed E-state index contributed by atoms with van der Waals surface area (Å²) in [7, 11) is -4.14. The molecule has 108 valence electrons. The van der Waals surface area contributed by atoms with Crippen molar-refractivity contribution in [2.75, 3.05) is 4.72 Å². The van der Waals surface area contributed by atoms with Crippen LogP contribution in [0.25, 0.3) is 0 Å². The van der Waals surface area contributed by atoms with Gasteiger partial charge in [0.25, 0.3) is 10.0 Å². The van der Waals surface area contributed by atoms with Crippen molar-refractivity contribution >= 4 is 43.0 Å². The topological polar surface area (TPSA) is 46.2 Å².